The van der Waals surface area contributed by atoms with Crippen molar-refractivity contribution in [2.45, 2.75) is 11.1 Å². The molecule has 0 radical (unpaired) electrons. The van der Waals surface area contributed by atoms with E-state index in [1.165, 1.54) is 18.1 Å². The molecule has 0 saturated carbocycles. The summed E-state index contributed by atoms with van der Waals surface area (Å²) in [7, 11) is -2.49. The van der Waals surface area contributed by atoms with Crippen molar-refractivity contribution in [1.29, 1.82) is 0 Å². The summed E-state index contributed by atoms with van der Waals surface area (Å²) in [6, 6.07) is 8.44. The first-order chi connectivity index (χ1) is 16.6. The fraction of sp³-hybridized carbons (Fsp3) is 0.292. The number of carbonyl (C=O) groups excluding carboxylic acids is 1. The van der Waals surface area contributed by atoms with Gasteiger partial charge in [0.15, 0.2) is 11.5 Å². The number of terminal acetylenes is 1. The molecule has 0 N–H and O–H groups in total. The minimum atomic E-state index is -4.55. The molecule has 7 nitrogen and oxygen atoms in total. The number of nitrogens with zero attached hydrogens (tertiary/aromatic N) is 2. The van der Waals surface area contributed by atoms with E-state index >= 15 is 0 Å². The van der Waals surface area contributed by atoms with Gasteiger partial charge in [0.25, 0.3) is 0 Å². The molecule has 3 rings (SSSR count). The van der Waals surface area contributed by atoms with Gasteiger partial charge in [-0.1, -0.05) is 12.0 Å². The van der Waals surface area contributed by atoms with Crippen molar-refractivity contribution in [3.05, 3.63) is 59.7 Å². The predicted molar refractivity (Wildman–Crippen MR) is 123 cm³/mol. The van der Waals surface area contributed by atoms with E-state index in [9.17, 15) is 26.4 Å². The van der Waals surface area contributed by atoms with E-state index in [0.29, 0.717) is 17.1 Å². The van der Waals surface area contributed by atoms with Gasteiger partial charge in [0.2, 0.25) is 15.9 Å². The molecule has 1 aliphatic heterocycles. The number of carbonyl (C=O) groups is 1. The Balaban J connectivity index is 1.61. The van der Waals surface area contributed by atoms with E-state index in [2.05, 4.69) is 5.92 Å². The molecule has 0 aliphatic carbocycles. The molecule has 0 atom stereocenters. The van der Waals surface area contributed by atoms with Crippen LogP contribution in [0.15, 0.2) is 53.4 Å². The highest BCUT2D eigenvalue weighted by Crippen LogP contribution is 2.31. The fourth-order valence-electron chi connectivity index (χ4n) is 3.41. The normalized spacial score (nSPS) is 15.1. The van der Waals surface area contributed by atoms with Crippen LogP contribution >= 0.6 is 0 Å². The molecule has 0 bridgehead atoms. The third kappa shape index (κ3) is 6.35. The summed E-state index contributed by atoms with van der Waals surface area (Å²) in [5, 5.41) is 0. The first-order valence-electron chi connectivity index (χ1n) is 10.4. The van der Waals surface area contributed by atoms with Crippen molar-refractivity contribution in [3.63, 3.8) is 0 Å². The lowest BCUT2D eigenvalue weighted by atomic mass is 10.2. The molecule has 1 amide bonds. The monoisotopic (exact) mass is 508 g/mol. The topological polar surface area (TPSA) is 76.2 Å². The Morgan fingerprint density at radius 1 is 1.09 bits per heavy atom. The average molecular weight is 509 g/mol. The quantitative estimate of drug-likeness (QED) is 0.424. The maximum atomic E-state index is 12.8. The van der Waals surface area contributed by atoms with Crippen LogP contribution in [0.4, 0.5) is 13.2 Å². The Hall–Kier alpha value is -3.49. The highest BCUT2D eigenvalue weighted by molar-refractivity contribution is 7.89. The first kappa shape index (κ1) is 26.1. The molecule has 1 heterocycles. The number of alkyl halides is 3. The van der Waals surface area contributed by atoms with E-state index in [1.54, 1.807) is 24.3 Å². The maximum Gasteiger partial charge on any atom is 0.416 e. The van der Waals surface area contributed by atoms with Crippen molar-refractivity contribution in [3.8, 4) is 23.8 Å². The second kappa shape index (κ2) is 10.8. The Labute approximate surface area is 201 Å². The first-order valence-corrected chi connectivity index (χ1v) is 11.9. The van der Waals surface area contributed by atoms with Gasteiger partial charge in [-0.15, -0.1) is 6.42 Å². The molecule has 11 heteroatoms. The maximum absolute atomic E-state index is 12.8. The van der Waals surface area contributed by atoms with Gasteiger partial charge in [-0.25, -0.2) is 8.42 Å². The number of benzene rings is 2. The van der Waals surface area contributed by atoms with Crippen LogP contribution in [0, 0.1) is 12.3 Å². The van der Waals surface area contributed by atoms with Gasteiger partial charge >= 0.3 is 6.18 Å². The minimum Gasteiger partial charge on any atom is -0.493 e. The number of sulfonamides is 1. The van der Waals surface area contributed by atoms with Crippen LogP contribution in [0.5, 0.6) is 11.5 Å². The van der Waals surface area contributed by atoms with Crippen molar-refractivity contribution in [2.75, 3.05) is 39.9 Å². The lowest BCUT2D eigenvalue weighted by molar-refractivity contribution is -0.137. The SMILES string of the molecule is C#CCOc1ccc(/C=C/C(=O)N2CCN(S(=O)(=O)c3ccc(C(F)(F)F)cc3)CC2)cc1OC. The molecule has 0 spiro atoms. The Morgan fingerprint density at radius 3 is 2.31 bits per heavy atom. The molecular formula is C24H23F3N2O5S. The van der Waals surface area contributed by atoms with Gasteiger partial charge in [0.05, 0.1) is 17.6 Å². The van der Waals surface area contributed by atoms with E-state index < -0.39 is 21.8 Å². The highest BCUT2D eigenvalue weighted by Gasteiger charge is 2.33. The summed E-state index contributed by atoms with van der Waals surface area (Å²) in [5.41, 5.74) is -0.238. The molecule has 1 saturated heterocycles. The van der Waals surface area contributed by atoms with Crippen molar-refractivity contribution >= 4 is 22.0 Å². The fourth-order valence-corrected chi connectivity index (χ4v) is 4.84. The largest absolute Gasteiger partial charge is 0.493 e. The summed E-state index contributed by atoms with van der Waals surface area (Å²) < 4.78 is 75.6. The molecule has 0 unspecified atom stereocenters. The minimum absolute atomic E-state index is 0.0258. The number of hydrogen-bond acceptors (Lipinski definition) is 5. The predicted octanol–water partition coefficient (Wildman–Crippen LogP) is 3.27. The van der Waals surface area contributed by atoms with Crippen LogP contribution < -0.4 is 9.47 Å². The zero-order valence-corrected chi connectivity index (χ0v) is 19.6. The third-order valence-electron chi connectivity index (χ3n) is 5.29. The van der Waals surface area contributed by atoms with Gasteiger partial charge in [0, 0.05) is 32.3 Å². The number of ether oxygens (including phenoxy) is 2. The summed E-state index contributed by atoms with van der Waals surface area (Å²) >= 11 is 0. The lowest BCUT2D eigenvalue weighted by Crippen LogP contribution is -2.50. The smallest absolute Gasteiger partial charge is 0.416 e. The molecule has 186 valence electrons. The van der Waals surface area contributed by atoms with Crippen LogP contribution in [-0.4, -0.2) is 63.4 Å². The van der Waals surface area contributed by atoms with Gasteiger partial charge in [-0.2, -0.15) is 17.5 Å². The van der Waals surface area contributed by atoms with Gasteiger partial charge in [0.1, 0.15) is 6.61 Å². The number of halogens is 3. The second-order valence-corrected chi connectivity index (χ2v) is 9.43. The highest BCUT2D eigenvalue weighted by atomic mass is 32.2. The van der Waals surface area contributed by atoms with Crippen LogP contribution in [0.2, 0.25) is 0 Å². The molecule has 1 aliphatic rings. The zero-order valence-electron chi connectivity index (χ0n) is 18.8. The van der Waals surface area contributed by atoms with Crippen LogP contribution in [0.1, 0.15) is 11.1 Å². The van der Waals surface area contributed by atoms with Crippen LogP contribution in [0.25, 0.3) is 6.08 Å². The summed E-state index contributed by atoms with van der Waals surface area (Å²) in [4.78, 5) is 13.8. The summed E-state index contributed by atoms with van der Waals surface area (Å²) in [6.07, 6.45) is 3.61. The number of hydrogen-bond donors (Lipinski definition) is 0. The second-order valence-electron chi connectivity index (χ2n) is 7.49. The number of amides is 1. The molecule has 2 aromatic carbocycles. The van der Waals surface area contributed by atoms with E-state index in [4.69, 9.17) is 15.9 Å². The molecule has 35 heavy (non-hydrogen) atoms. The Kier molecular flexibility index (Phi) is 8.09. The van der Waals surface area contributed by atoms with E-state index in [1.807, 2.05) is 0 Å². The van der Waals surface area contributed by atoms with Crippen molar-refractivity contribution in [1.82, 2.24) is 9.21 Å². The van der Waals surface area contributed by atoms with E-state index in [0.717, 1.165) is 28.6 Å². The van der Waals surface area contributed by atoms with Gasteiger partial charge < -0.3 is 14.4 Å². The standard InChI is InChI=1S/C24H23F3N2O5S/c1-3-16-34-21-10-4-18(17-22(21)33-2)5-11-23(30)28-12-14-29(15-13-28)35(31,32)20-8-6-19(7-9-20)24(25,26)27/h1,4-11,17H,12-16H2,2H3/b11-5+. The third-order valence-corrected chi connectivity index (χ3v) is 7.20. The molecule has 2 aromatic rings. The van der Waals surface area contributed by atoms with Crippen LogP contribution in [0.3, 0.4) is 0 Å². The molecule has 0 aromatic heterocycles. The number of piperazine rings is 1. The summed E-state index contributed by atoms with van der Waals surface area (Å²) in [6.45, 7) is 0.428. The molecule has 1 fully saturated rings. The van der Waals surface area contributed by atoms with Crippen molar-refractivity contribution < 1.29 is 35.9 Å². The van der Waals surface area contributed by atoms with Crippen LogP contribution in [-0.2, 0) is 21.0 Å². The Bertz CT molecular complexity index is 1230. The Morgan fingerprint density at radius 2 is 1.74 bits per heavy atom. The average Bonchev–Trinajstić information content (AvgIpc) is 2.85. The van der Waals surface area contributed by atoms with Crippen molar-refractivity contribution in [2.24, 2.45) is 0 Å². The number of methoxy groups -OCH3 is 1. The lowest BCUT2D eigenvalue weighted by Gasteiger charge is -2.33. The van der Waals surface area contributed by atoms with Gasteiger partial charge in [-0.05, 0) is 48.0 Å². The van der Waals surface area contributed by atoms with E-state index in [-0.39, 0.29) is 43.6 Å². The zero-order chi connectivity index (χ0) is 25.6. The number of rotatable bonds is 7. The summed E-state index contributed by atoms with van der Waals surface area (Å²) in [5.74, 6) is 2.99. The van der Waals surface area contributed by atoms with Gasteiger partial charge in [-0.3, -0.25) is 4.79 Å². The molecular weight excluding hydrogens is 485 g/mol.